The molecule has 0 saturated heterocycles. The summed E-state index contributed by atoms with van der Waals surface area (Å²) in [5.41, 5.74) is 6.52. The lowest BCUT2D eigenvalue weighted by molar-refractivity contribution is 0.103. The largest absolute Gasteiger partial charge is 0.397 e. The molecular formula is C15H10F2N2OS. The van der Waals surface area contributed by atoms with Crippen molar-refractivity contribution in [2.75, 3.05) is 11.1 Å². The summed E-state index contributed by atoms with van der Waals surface area (Å²) in [6, 6.07) is 10.6. The second-order valence-electron chi connectivity index (χ2n) is 4.42. The zero-order chi connectivity index (χ0) is 15.0. The molecule has 1 heterocycles. The zero-order valence-electron chi connectivity index (χ0n) is 10.7. The van der Waals surface area contributed by atoms with Crippen LogP contribution >= 0.6 is 11.3 Å². The number of nitrogens with two attached hydrogens (primary N) is 1. The fraction of sp³-hybridized carbons (Fsp3) is 0. The predicted octanol–water partition coefficient (Wildman–Crippen LogP) is 4.01. The summed E-state index contributed by atoms with van der Waals surface area (Å²) in [6.45, 7) is 0. The topological polar surface area (TPSA) is 55.1 Å². The van der Waals surface area contributed by atoms with Crippen molar-refractivity contribution in [2.24, 2.45) is 0 Å². The Balaban J connectivity index is 1.93. The van der Waals surface area contributed by atoms with Gasteiger partial charge < -0.3 is 11.1 Å². The fourth-order valence-corrected chi connectivity index (χ4v) is 3.01. The Morgan fingerprint density at radius 1 is 1.10 bits per heavy atom. The number of anilines is 2. The molecule has 0 spiro atoms. The van der Waals surface area contributed by atoms with Crippen molar-refractivity contribution in [3.8, 4) is 0 Å². The molecule has 0 radical (unpaired) electrons. The summed E-state index contributed by atoms with van der Waals surface area (Å²) in [7, 11) is 0. The van der Waals surface area contributed by atoms with Crippen molar-refractivity contribution >= 4 is 38.7 Å². The van der Waals surface area contributed by atoms with Gasteiger partial charge in [-0.25, -0.2) is 8.78 Å². The molecule has 3 aromatic rings. The van der Waals surface area contributed by atoms with Crippen LogP contribution in [0.15, 0.2) is 42.5 Å². The van der Waals surface area contributed by atoms with Crippen LogP contribution in [0.2, 0.25) is 0 Å². The first-order valence-corrected chi connectivity index (χ1v) is 6.91. The summed E-state index contributed by atoms with van der Waals surface area (Å²) in [4.78, 5) is 12.6. The number of nitrogens with one attached hydrogen (secondary N) is 1. The summed E-state index contributed by atoms with van der Waals surface area (Å²) < 4.78 is 26.9. The Hall–Kier alpha value is -2.47. The van der Waals surface area contributed by atoms with Gasteiger partial charge in [0.2, 0.25) is 0 Å². The molecule has 2 aromatic carbocycles. The molecule has 3 N–H and O–H groups in total. The number of fused-ring (bicyclic) bond motifs is 1. The van der Waals surface area contributed by atoms with Crippen LogP contribution in [-0.4, -0.2) is 5.91 Å². The predicted molar refractivity (Wildman–Crippen MR) is 80.5 cm³/mol. The highest BCUT2D eigenvalue weighted by Gasteiger charge is 2.16. The molecule has 0 unspecified atom stereocenters. The molecule has 6 heteroatoms. The number of carbonyl (C=O) groups is 1. The van der Waals surface area contributed by atoms with Crippen LogP contribution in [0.3, 0.4) is 0 Å². The third-order valence-electron chi connectivity index (χ3n) is 3.02. The third-order valence-corrected chi connectivity index (χ3v) is 4.20. The van der Waals surface area contributed by atoms with Gasteiger partial charge in [0.25, 0.3) is 5.91 Å². The maximum Gasteiger partial charge on any atom is 0.267 e. The van der Waals surface area contributed by atoms with Crippen LogP contribution in [0.4, 0.5) is 20.2 Å². The minimum Gasteiger partial charge on any atom is -0.397 e. The lowest BCUT2D eigenvalue weighted by atomic mass is 10.2. The van der Waals surface area contributed by atoms with E-state index in [0.717, 1.165) is 22.2 Å². The molecule has 106 valence electrons. The van der Waals surface area contributed by atoms with Crippen LogP contribution in [0.25, 0.3) is 10.1 Å². The highest BCUT2D eigenvalue weighted by Crippen LogP contribution is 2.33. The number of hydrogen-bond donors (Lipinski definition) is 2. The Kier molecular flexibility index (Phi) is 3.31. The van der Waals surface area contributed by atoms with Gasteiger partial charge in [0.05, 0.1) is 5.69 Å². The van der Waals surface area contributed by atoms with E-state index in [1.807, 2.05) is 24.3 Å². The average molecular weight is 304 g/mol. The van der Waals surface area contributed by atoms with Crippen LogP contribution in [0.1, 0.15) is 9.67 Å². The minimum atomic E-state index is -1.02. The van der Waals surface area contributed by atoms with Crippen LogP contribution in [0.5, 0.6) is 0 Å². The van der Waals surface area contributed by atoms with Crippen molar-refractivity contribution in [3.05, 3.63) is 59.0 Å². The molecular weight excluding hydrogens is 294 g/mol. The Morgan fingerprint density at radius 2 is 1.86 bits per heavy atom. The molecule has 3 nitrogen and oxygen atoms in total. The average Bonchev–Trinajstić information content (AvgIpc) is 2.81. The number of thiophene rings is 1. The molecule has 1 amide bonds. The number of halogens is 2. The number of rotatable bonds is 2. The molecule has 0 atom stereocenters. The van der Waals surface area contributed by atoms with Crippen LogP contribution < -0.4 is 11.1 Å². The molecule has 0 aliphatic rings. The van der Waals surface area contributed by atoms with Crippen molar-refractivity contribution in [3.63, 3.8) is 0 Å². The second kappa shape index (κ2) is 5.14. The van der Waals surface area contributed by atoms with Gasteiger partial charge in [-0.1, -0.05) is 18.2 Å². The van der Waals surface area contributed by atoms with E-state index in [1.165, 1.54) is 17.4 Å². The molecule has 3 rings (SSSR count). The number of carbonyl (C=O) groups excluding carboxylic acids is 1. The quantitative estimate of drug-likeness (QED) is 0.751. The van der Waals surface area contributed by atoms with Gasteiger partial charge in [-0.05, 0) is 18.2 Å². The minimum absolute atomic E-state index is 0.177. The SMILES string of the molecule is Nc1c(C(=O)Nc2ccc(F)c(F)c2)sc2ccccc12. The Bertz CT molecular complexity index is 845. The molecule has 21 heavy (non-hydrogen) atoms. The number of nitrogen functional groups attached to an aromatic ring is 1. The zero-order valence-corrected chi connectivity index (χ0v) is 11.5. The van der Waals surface area contributed by atoms with Crippen molar-refractivity contribution < 1.29 is 13.6 Å². The van der Waals surface area contributed by atoms with Crippen molar-refractivity contribution in [2.45, 2.75) is 0 Å². The standard InChI is InChI=1S/C15H10F2N2OS/c16-10-6-5-8(7-11(10)17)19-15(20)14-13(18)9-3-1-2-4-12(9)21-14/h1-7H,18H2,(H,19,20). The summed E-state index contributed by atoms with van der Waals surface area (Å²) in [5, 5.41) is 3.32. The van der Waals surface area contributed by atoms with E-state index in [1.54, 1.807) is 0 Å². The summed E-state index contributed by atoms with van der Waals surface area (Å²) in [6.07, 6.45) is 0. The second-order valence-corrected chi connectivity index (χ2v) is 5.48. The van der Waals surface area contributed by atoms with E-state index in [9.17, 15) is 13.6 Å². The van der Waals surface area contributed by atoms with Crippen LogP contribution in [-0.2, 0) is 0 Å². The van der Waals surface area contributed by atoms with Gasteiger partial charge >= 0.3 is 0 Å². The normalized spacial score (nSPS) is 10.8. The molecule has 1 aromatic heterocycles. The van der Waals surface area contributed by atoms with Gasteiger partial charge in [-0.2, -0.15) is 0 Å². The maximum atomic E-state index is 13.1. The smallest absolute Gasteiger partial charge is 0.267 e. The number of amides is 1. The van der Waals surface area contributed by atoms with E-state index in [0.29, 0.717) is 10.6 Å². The molecule has 0 saturated carbocycles. The Morgan fingerprint density at radius 3 is 2.57 bits per heavy atom. The monoisotopic (exact) mass is 304 g/mol. The van der Waals surface area contributed by atoms with Gasteiger partial charge in [0.15, 0.2) is 11.6 Å². The first kappa shape index (κ1) is 13.5. The van der Waals surface area contributed by atoms with Gasteiger partial charge in [0.1, 0.15) is 4.88 Å². The van der Waals surface area contributed by atoms with Gasteiger partial charge in [-0.15, -0.1) is 11.3 Å². The van der Waals surface area contributed by atoms with E-state index in [2.05, 4.69) is 5.32 Å². The molecule has 0 aliphatic heterocycles. The van der Waals surface area contributed by atoms with Crippen LogP contribution in [0, 0.1) is 11.6 Å². The maximum absolute atomic E-state index is 13.1. The number of hydrogen-bond acceptors (Lipinski definition) is 3. The van der Waals surface area contributed by atoms with E-state index in [-0.39, 0.29) is 5.69 Å². The van der Waals surface area contributed by atoms with E-state index < -0.39 is 17.5 Å². The highest BCUT2D eigenvalue weighted by atomic mass is 32.1. The Labute approximate surface area is 123 Å². The molecule has 0 bridgehead atoms. The molecule has 0 fully saturated rings. The number of benzene rings is 2. The highest BCUT2D eigenvalue weighted by molar-refractivity contribution is 7.21. The van der Waals surface area contributed by atoms with Gasteiger partial charge in [-0.3, -0.25) is 4.79 Å². The third kappa shape index (κ3) is 2.45. The van der Waals surface area contributed by atoms with Gasteiger partial charge in [0, 0.05) is 21.8 Å². The van der Waals surface area contributed by atoms with Crippen molar-refractivity contribution in [1.29, 1.82) is 0 Å². The van der Waals surface area contributed by atoms with Crippen molar-refractivity contribution in [1.82, 2.24) is 0 Å². The van der Waals surface area contributed by atoms with E-state index in [4.69, 9.17) is 5.73 Å². The molecule has 0 aliphatic carbocycles. The lowest BCUT2D eigenvalue weighted by Gasteiger charge is -2.04. The first-order valence-electron chi connectivity index (χ1n) is 6.09. The lowest BCUT2D eigenvalue weighted by Crippen LogP contribution is -2.12. The summed E-state index contributed by atoms with van der Waals surface area (Å²) in [5.74, 6) is -2.42. The fourth-order valence-electron chi connectivity index (χ4n) is 2.00. The first-order chi connectivity index (χ1) is 10.1. The van der Waals surface area contributed by atoms with E-state index >= 15 is 0 Å². The summed E-state index contributed by atoms with van der Waals surface area (Å²) >= 11 is 1.25.